The number of hydrogen-bond donors (Lipinski definition) is 0. The normalized spacial score (nSPS) is 27.3. The van der Waals surface area contributed by atoms with Crippen molar-refractivity contribution in [2.75, 3.05) is 21.3 Å². The Hall–Kier alpha value is -0.433. The zero-order chi connectivity index (χ0) is 17.0. The smallest absolute Gasteiger partial charge is 0.460 e. The lowest BCUT2D eigenvalue weighted by Crippen LogP contribution is -2.49. The molecule has 2 rings (SSSR count). The molecule has 2 aliphatic carbocycles. The molecule has 0 spiro atoms. The Bertz CT molecular complexity index is 354. The second-order valence-electron chi connectivity index (χ2n) is 7.20. The third kappa shape index (κ3) is 5.04. The third-order valence-corrected chi connectivity index (χ3v) is 7.82. The maximum absolute atomic E-state index is 10.2. The summed E-state index contributed by atoms with van der Waals surface area (Å²) < 4.78 is 21.5. The van der Waals surface area contributed by atoms with Crippen LogP contribution in [0.5, 0.6) is 0 Å². The summed E-state index contributed by atoms with van der Waals surface area (Å²) in [6.45, 7) is 6.93. The van der Waals surface area contributed by atoms with Gasteiger partial charge in [-0.3, -0.25) is 4.79 Å². The summed E-state index contributed by atoms with van der Waals surface area (Å²) in [6, 6.07) is 0. The van der Waals surface area contributed by atoms with E-state index in [2.05, 4.69) is 0 Å². The molecule has 5 nitrogen and oxygen atoms in total. The fraction of sp³-hybridized carbons (Fsp3) is 0.938. The first-order valence-corrected chi connectivity index (χ1v) is 9.82. The number of hydrogen-bond acceptors (Lipinski definition) is 5. The van der Waals surface area contributed by atoms with Gasteiger partial charge < -0.3 is 18.0 Å². The molecule has 0 aromatic rings. The number of carbonyl (C=O) groups is 1. The van der Waals surface area contributed by atoms with Crippen molar-refractivity contribution in [2.45, 2.75) is 64.5 Å². The number of rotatable bonds is 4. The molecule has 2 bridgehead atoms. The average Bonchev–Trinajstić information content (AvgIpc) is 3.02. The van der Waals surface area contributed by atoms with Gasteiger partial charge in [-0.05, 0) is 51.9 Å². The van der Waals surface area contributed by atoms with Gasteiger partial charge in [-0.25, -0.2) is 0 Å². The van der Waals surface area contributed by atoms with E-state index in [9.17, 15) is 4.79 Å². The summed E-state index contributed by atoms with van der Waals surface area (Å²) in [4.78, 5) is 10.2. The van der Waals surface area contributed by atoms with Crippen LogP contribution in [0, 0.1) is 11.8 Å². The minimum Gasteiger partial charge on any atom is -0.460 e. The monoisotopic (exact) mass is 332 g/mol. The minimum atomic E-state index is -2.34. The molecule has 22 heavy (non-hydrogen) atoms. The number of fused-ring (bicyclic) bond motifs is 2. The highest BCUT2D eigenvalue weighted by Crippen LogP contribution is 2.55. The van der Waals surface area contributed by atoms with Crippen LogP contribution in [0.15, 0.2) is 0 Å². The first-order valence-electron chi connectivity index (χ1n) is 8.02. The Morgan fingerprint density at radius 2 is 1.55 bits per heavy atom. The van der Waals surface area contributed by atoms with E-state index in [0.29, 0.717) is 5.54 Å². The van der Waals surface area contributed by atoms with E-state index in [1.165, 1.54) is 32.6 Å². The molecular formula is C16H32O5Si. The van der Waals surface area contributed by atoms with Crippen molar-refractivity contribution in [3.05, 3.63) is 0 Å². The second kappa shape index (κ2) is 7.90. The van der Waals surface area contributed by atoms with Gasteiger partial charge in [-0.2, -0.15) is 0 Å². The summed E-state index contributed by atoms with van der Waals surface area (Å²) >= 11 is 0. The van der Waals surface area contributed by atoms with Gasteiger partial charge in [-0.15, -0.1) is 0 Å². The molecule has 0 aromatic carbocycles. The summed E-state index contributed by atoms with van der Waals surface area (Å²) in [6.07, 6.45) is 5.38. The molecule has 0 amide bonds. The predicted molar refractivity (Wildman–Crippen MR) is 87.5 cm³/mol. The quantitative estimate of drug-likeness (QED) is 0.583. The van der Waals surface area contributed by atoms with Crippen molar-refractivity contribution < 1.29 is 22.8 Å². The molecule has 130 valence electrons. The zero-order valence-corrected chi connectivity index (χ0v) is 16.1. The van der Waals surface area contributed by atoms with Crippen LogP contribution >= 0.6 is 0 Å². The zero-order valence-electron chi connectivity index (χ0n) is 15.1. The van der Waals surface area contributed by atoms with Crippen LogP contribution in [0.3, 0.4) is 0 Å². The van der Waals surface area contributed by atoms with Gasteiger partial charge in [0.1, 0.15) is 5.60 Å². The van der Waals surface area contributed by atoms with E-state index in [1.807, 2.05) is 20.8 Å². The highest BCUT2D eigenvalue weighted by molar-refractivity contribution is 6.62. The van der Waals surface area contributed by atoms with Gasteiger partial charge in [0.2, 0.25) is 0 Å². The van der Waals surface area contributed by atoms with Crippen LogP contribution in [-0.4, -0.2) is 41.7 Å². The molecule has 0 N–H and O–H groups in total. The van der Waals surface area contributed by atoms with Crippen molar-refractivity contribution in [1.82, 2.24) is 0 Å². The molecule has 3 atom stereocenters. The van der Waals surface area contributed by atoms with E-state index >= 15 is 0 Å². The molecule has 0 aliphatic heterocycles. The third-order valence-electron chi connectivity index (χ3n) is 4.50. The van der Waals surface area contributed by atoms with Crippen molar-refractivity contribution in [3.8, 4) is 0 Å². The van der Waals surface area contributed by atoms with Crippen LogP contribution in [0.1, 0.15) is 53.4 Å². The lowest BCUT2D eigenvalue weighted by molar-refractivity contribution is -0.151. The predicted octanol–water partition coefficient (Wildman–Crippen LogP) is 3.40. The Kier molecular flexibility index (Phi) is 7.04. The van der Waals surface area contributed by atoms with Crippen LogP contribution in [0.4, 0.5) is 0 Å². The van der Waals surface area contributed by atoms with Gasteiger partial charge >= 0.3 is 14.8 Å². The van der Waals surface area contributed by atoms with E-state index in [0.717, 1.165) is 11.8 Å². The first-order chi connectivity index (χ1) is 10.2. The first kappa shape index (κ1) is 19.6. The van der Waals surface area contributed by atoms with Crippen LogP contribution in [-0.2, 0) is 22.8 Å². The fourth-order valence-electron chi connectivity index (χ4n) is 3.81. The van der Waals surface area contributed by atoms with Crippen molar-refractivity contribution in [1.29, 1.82) is 0 Å². The second-order valence-corrected chi connectivity index (χ2v) is 10.4. The van der Waals surface area contributed by atoms with Crippen molar-refractivity contribution in [2.24, 2.45) is 11.8 Å². The average molecular weight is 333 g/mol. The highest BCUT2D eigenvalue weighted by atomic mass is 28.4. The van der Waals surface area contributed by atoms with E-state index in [1.54, 1.807) is 21.3 Å². The maximum atomic E-state index is 10.2. The summed E-state index contributed by atoms with van der Waals surface area (Å²) in [5.74, 6) is 1.49. The van der Waals surface area contributed by atoms with E-state index in [4.69, 9.17) is 18.0 Å². The molecule has 0 aromatic heterocycles. The molecule has 2 aliphatic rings. The van der Waals surface area contributed by atoms with Crippen LogP contribution < -0.4 is 0 Å². The lowest BCUT2D eigenvalue weighted by atomic mass is 10.0. The highest BCUT2D eigenvalue weighted by Gasteiger charge is 2.56. The van der Waals surface area contributed by atoms with Gasteiger partial charge in [0.25, 0.3) is 0 Å². The molecule has 0 heterocycles. The lowest BCUT2D eigenvalue weighted by Gasteiger charge is -2.34. The van der Waals surface area contributed by atoms with Gasteiger partial charge in [0.15, 0.2) is 0 Å². The van der Waals surface area contributed by atoms with Crippen LogP contribution in [0.2, 0.25) is 5.54 Å². The summed E-state index contributed by atoms with van der Waals surface area (Å²) in [5.41, 5.74) is 0.229. The Balaban J connectivity index is 0.000000261. The topological polar surface area (TPSA) is 54.0 Å². The summed E-state index contributed by atoms with van der Waals surface area (Å²) in [7, 11) is 2.84. The van der Waals surface area contributed by atoms with Gasteiger partial charge in [-0.1, -0.05) is 6.42 Å². The van der Waals surface area contributed by atoms with Gasteiger partial charge in [0.05, 0.1) is 0 Å². The molecule has 2 fully saturated rings. The summed E-state index contributed by atoms with van der Waals surface area (Å²) in [5, 5.41) is 0. The minimum absolute atomic E-state index is 0.225. The standard InChI is InChI=1S/C10H20O3Si.C6H12O2/c1-11-14(12-2,13-3)10-7-8-4-5-9(10)6-8;1-5(7)8-6(2,3)4/h8-10H,4-7H2,1-3H3;1-4H3. The molecular weight excluding hydrogens is 300 g/mol. The molecule has 2 saturated carbocycles. The fourth-order valence-corrected chi connectivity index (χ4v) is 6.72. The molecule has 0 radical (unpaired) electrons. The molecule has 3 unspecified atom stereocenters. The molecule has 0 saturated heterocycles. The Labute approximate surface area is 136 Å². The maximum Gasteiger partial charge on any atom is 0.503 e. The number of carbonyl (C=O) groups excluding carboxylic acids is 1. The van der Waals surface area contributed by atoms with Gasteiger partial charge in [0, 0.05) is 33.8 Å². The largest absolute Gasteiger partial charge is 0.503 e. The van der Waals surface area contributed by atoms with E-state index < -0.39 is 8.80 Å². The number of esters is 1. The van der Waals surface area contributed by atoms with Crippen LogP contribution in [0.25, 0.3) is 0 Å². The SMILES string of the molecule is CC(=O)OC(C)(C)C.CO[Si](OC)(OC)C1CC2CCC1C2. The van der Waals surface area contributed by atoms with Crippen molar-refractivity contribution >= 4 is 14.8 Å². The number of ether oxygens (including phenoxy) is 1. The van der Waals surface area contributed by atoms with Crippen molar-refractivity contribution in [3.63, 3.8) is 0 Å². The van der Waals surface area contributed by atoms with E-state index in [-0.39, 0.29) is 11.6 Å². The Morgan fingerprint density at radius 1 is 1.00 bits per heavy atom. The Morgan fingerprint density at radius 3 is 1.77 bits per heavy atom. The molecule has 6 heteroatoms.